The lowest BCUT2D eigenvalue weighted by Crippen LogP contribution is -2.36. The lowest BCUT2D eigenvalue weighted by molar-refractivity contribution is 0.225. The van der Waals surface area contributed by atoms with Gasteiger partial charge >= 0.3 is 6.03 Å². The number of thiazole rings is 1. The van der Waals surface area contributed by atoms with E-state index in [1.54, 1.807) is 41.4 Å². The summed E-state index contributed by atoms with van der Waals surface area (Å²) < 4.78 is 1.86. The average molecular weight is 473 g/mol. The maximum absolute atomic E-state index is 12.4. The van der Waals surface area contributed by atoms with Crippen LogP contribution in [-0.4, -0.2) is 53.4 Å². The number of amides is 2. The number of nitrogens with zero attached hydrogens (tertiary/aromatic N) is 6. The van der Waals surface area contributed by atoms with E-state index >= 15 is 0 Å². The normalized spacial score (nSPS) is 13.0. The zero-order valence-electron chi connectivity index (χ0n) is 19.7. The smallest absolute Gasteiger partial charge is 0.323 e. The summed E-state index contributed by atoms with van der Waals surface area (Å²) >= 11 is 1.76. The molecule has 2 aromatic carbocycles. The predicted octanol–water partition coefficient (Wildman–Crippen LogP) is 4.60. The fourth-order valence-electron chi connectivity index (χ4n) is 4.24. The van der Waals surface area contributed by atoms with Crippen molar-refractivity contribution in [1.29, 1.82) is 0 Å². The second kappa shape index (κ2) is 9.30. The molecule has 2 aromatic heterocycles. The number of anilines is 2. The Kier molecular flexibility index (Phi) is 6.06. The van der Waals surface area contributed by atoms with Crippen LogP contribution in [0, 0.1) is 0 Å². The minimum absolute atomic E-state index is 0.0326. The molecule has 0 radical (unpaired) electrons. The van der Waals surface area contributed by atoms with Gasteiger partial charge in [-0.05, 0) is 53.4 Å². The molecular formula is C26H28N6OS. The lowest BCUT2D eigenvalue weighted by Gasteiger charge is -2.30. The largest absolute Gasteiger partial charge is 0.343 e. The van der Waals surface area contributed by atoms with Crippen LogP contribution in [0.5, 0.6) is 0 Å². The summed E-state index contributed by atoms with van der Waals surface area (Å²) in [7, 11) is 5.36. The first kappa shape index (κ1) is 22.2. The van der Waals surface area contributed by atoms with Crippen molar-refractivity contribution in [2.24, 2.45) is 0 Å². The van der Waals surface area contributed by atoms with Gasteiger partial charge in [-0.3, -0.25) is 4.90 Å². The molecule has 0 aliphatic carbocycles. The lowest BCUT2D eigenvalue weighted by atomic mass is 9.99. The van der Waals surface area contributed by atoms with Crippen molar-refractivity contribution in [1.82, 2.24) is 19.7 Å². The van der Waals surface area contributed by atoms with Crippen molar-refractivity contribution in [3.63, 3.8) is 0 Å². The molecule has 0 unspecified atom stereocenters. The molecule has 0 N–H and O–H groups in total. The maximum atomic E-state index is 12.4. The first-order chi connectivity index (χ1) is 16.5. The highest BCUT2D eigenvalue weighted by Gasteiger charge is 2.21. The van der Waals surface area contributed by atoms with Crippen molar-refractivity contribution in [3.05, 3.63) is 88.7 Å². The first-order valence-electron chi connectivity index (χ1n) is 11.3. The van der Waals surface area contributed by atoms with Crippen LogP contribution in [0.25, 0.3) is 5.69 Å². The van der Waals surface area contributed by atoms with Gasteiger partial charge in [0.2, 0.25) is 0 Å². The van der Waals surface area contributed by atoms with Gasteiger partial charge in [0.25, 0.3) is 0 Å². The third kappa shape index (κ3) is 4.54. The molecule has 34 heavy (non-hydrogen) atoms. The highest BCUT2D eigenvalue weighted by Crippen LogP contribution is 2.31. The molecule has 3 heterocycles. The van der Waals surface area contributed by atoms with Gasteiger partial charge in [-0.1, -0.05) is 18.2 Å². The van der Waals surface area contributed by atoms with E-state index in [1.807, 2.05) is 36.3 Å². The molecule has 1 aliphatic heterocycles. The Morgan fingerprint density at radius 2 is 1.91 bits per heavy atom. The summed E-state index contributed by atoms with van der Waals surface area (Å²) in [5.74, 6) is 0. The summed E-state index contributed by atoms with van der Waals surface area (Å²) in [6, 6.07) is 16.7. The second-order valence-corrected chi connectivity index (χ2v) is 9.86. The van der Waals surface area contributed by atoms with Crippen molar-refractivity contribution in [2.45, 2.75) is 19.4 Å². The van der Waals surface area contributed by atoms with E-state index in [0.717, 1.165) is 42.4 Å². The molecule has 5 rings (SSSR count). The highest BCUT2D eigenvalue weighted by molar-refractivity contribution is 7.15. The SMILES string of the molecule is CN(C)C(=O)N(C)c1ccc2c(c1)CN(c1ncc(Cc3ccc(-n4cccn4)cc3)s1)CC2. The quantitative estimate of drug-likeness (QED) is 0.426. The van der Waals surface area contributed by atoms with Gasteiger partial charge in [-0.25, -0.2) is 14.5 Å². The Morgan fingerprint density at radius 1 is 1.09 bits per heavy atom. The van der Waals surface area contributed by atoms with E-state index in [2.05, 4.69) is 46.4 Å². The van der Waals surface area contributed by atoms with Gasteiger partial charge < -0.3 is 9.80 Å². The zero-order chi connectivity index (χ0) is 23.7. The van der Waals surface area contributed by atoms with Gasteiger partial charge in [-0.15, -0.1) is 11.3 Å². The van der Waals surface area contributed by atoms with E-state index in [1.165, 1.54) is 21.6 Å². The number of fused-ring (bicyclic) bond motifs is 1. The van der Waals surface area contributed by atoms with Crippen LogP contribution in [0.3, 0.4) is 0 Å². The van der Waals surface area contributed by atoms with E-state index in [9.17, 15) is 4.79 Å². The van der Waals surface area contributed by atoms with Crippen LogP contribution in [0.15, 0.2) is 67.1 Å². The summed E-state index contributed by atoms with van der Waals surface area (Å²) in [4.78, 5) is 24.0. The number of hydrogen-bond donors (Lipinski definition) is 0. The zero-order valence-corrected chi connectivity index (χ0v) is 20.5. The van der Waals surface area contributed by atoms with Crippen LogP contribution in [0.4, 0.5) is 15.6 Å². The molecule has 0 spiro atoms. The first-order valence-corrected chi connectivity index (χ1v) is 12.1. The van der Waals surface area contributed by atoms with Gasteiger partial charge in [0.1, 0.15) is 0 Å². The van der Waals surface area contributed by atoms with E-state index in [0.29, 0.717) is 0 Å². The molecule has 7 nitrogen and oxygen atoms in total. The minimum atomic E-state index is -0.0326. The van der Waals surface area contributed by atoms with Crippen LogP contribution in [0.1, 0.15) is 21.6 Å². The van der Waals surface area contributed by atoms with Crippen molar-refractivity contribution < 1.29 is 4.79 Å². The number of carbonyl (C=O) groups excluding carboxylic acids is 1. The molecular weight excluding hydrogens is 444 g/mol. The number of rotatable bonds is 5. The van der Waals surface area contributed by atoms with Crippen molar-refractivity contribution >= 4 is 28.2 Å². The van der Waals surface area contributed by atoms with E-state index < -0.39 is 0 Å². The fourth-order valence-corrected chi connectivity index (χ4v) is 5.21. The Labute approximate surface area is 203 Å². The Morgan fingerprint density at radius 3 is 2.65 bits per heavy atom. The Hall–Kier alpha value is -3.65. The third-order valence-corrected chi connectivity index (χ3v) is 7.21. The highest BCUT2D eigenvalue weighted by atomic mass is 32.1. The van der Waals surface area contributed by atoms with Gasteiger partial charge in [0.15, 0.2) is 5.13 Å². The van der Waals surface area contributed by atoms with Gasteiger partial charge in [0.05, 0.1) is 5.69 Å². The molecule has 0 atom stereocenters. The summed E-state index contributed by atoms with van der Waals surface area (Å²) in [6.07, 6.45) is 7.57. The molecule has 0 bridgehead atoms. The second-order valence-electron chi connectivity index (χ2n) is 8.76. The van der Waals surface area contributed by atoms with Gasteiger partial charge in [-0.2, -0.15) is 5.10 Å². The van der Waals surface area contributed by atoms with Crippen LogP contribution in [0.2, 0.25) is 0 Å². The van der Waals surface area contributed by atoms with E-state index in [-0.39, 0.29) is 6.03 Å². The molecule has 0 saturated heterocycles. The topological polar surface area (TPSA) is 57.5 Å². The molecule has 174 valence electrons. The molecule has 0 fully saturated rings. The summed E-state index contributed by atoms with van der Waals surface area (Å²) in [5, 5.41) is 5.34. The van der Waals surface area contributed by atoms with Crippen molar-refractivity contribution in [2.75, 3.05) is 37.5 Å². The van der Waals surface area contributed by atoms with Crippen LogP contribution in [-0.2, 0) is 19.4 Å². The van der Waals surface area contributed by atoms with Crippen LogP contribution < -0.4 is 9.80 Å². The summed E-state index contributed by atoms with van der Waals surface area (Å²) in [5.41, 5.74) is 5.84. The molecule has 8 heteroatoms. The molecule has 4 aromatic rings. The Bertz CT molecular complexity index is 1280. The van der Waals surface area contributed by atoms with Gasteiger partial charge in [0, 0.05) is 69.8 Å². The van der Waals surface area contributed by atoms with E-state index in [4.69, 9.17) is 4.98 Å². The monoisotopic (exact) mass is 472 g/mol. The fraction of sp³-hybridized carbons (Fsp3) is 0.269. The third-order valence-electron chi connectivity index (χ3n) is 6.15. The minimum Gasteiger partial charge on any atom is -0.343 e. The predicted molar refractivity (Wildman–Crippen MR) is 137 cm³/mol. The number of carbonyl (C=O) groups is 1. The molecule has 0 saturated carbocycles. The Balaban J connectivity index is 1.27. The maximum Gasteiger partial charge on any atom is 0.323 e. The standard InChI is InChI=1S/C26H28N6OS/c1-29(2)26(33)30(3)23-10-7-20-11-14-31(18-21(20)16-23)25-27-17-24(34-25)15-19-5-8-22(9-6-19)32-13-4-12-28-32/h4-10,12-13,16-17H,11,14-15,18H2,1-3H3. The number of benzene rings is 2. The number of urea groups is 1. The van der Waals surface area contributed by atoms with Crippen molar-refractivity contribution in [3.8, 4) is 5.69 Å². The number of hydrogen-bond acceptors (Lipinski definition) is 5. The number of aromatic nitrogens is 3. The molecule has 1 aliphatic rings. The van der Waals surface area contributed by atoms with Crippen LogP contribution >= 0.6 is 11.3 Å². The summed E-state index contributed by atoms with van der Waals surface area (Å²) in [6.45, 7) is 1.75. The molecule has 2 amide bonds. The average Bonchev–Trinajstić information content (AvgIpc) is 3.56.